The van der Waals surface area contributed by atoms with Gasteiger partial charge in [-0.25, -0.2) is 0 Å². The number of benzene rings is 1. The summed E-state index contributed by atoms with van der Waals surface area (Å²) < 4.78 is 0.937. The molecule has 2 rings (SSSR count). The molecule has 4 nitrogen and oxygen atoms in total. The molecular weight excluding hydrogens is 334 g/mol. The van der Waals surface area contributed by atoms with Crippen LogP contribution < -0.4 is 5.32 Å². The summed E-state index contributed by atoms with van der Waals surface area (Å²) in [5.41, 5.74) is 0.124. The minimum Gasteiger partial charge on any atom is -0.481 e. The van der Waals surface area contributed by atoms with Crippen LogP contribution >= 0.6 is 15.9 Å². The third kappa shape index (κ3) is 3.64. The lowest BCUT2D eigenvalue weighted by molar-refractivity contribution is -0.151. The average Bonchev–Trinajstić information content (AvgIpc) is 2.88. The van der Waals surface area contributed by atoms with Crippen molar-refractivity contribution in [2.24, 2.45) is 5.41 Å². The molecule has 1 aliphatic carbocycles. The number of rotatable bonds is 5. The first-order valence-corrected chi connectivity index (χ1v) is 8.01. The molecule has 2 N–H and O–H groups in total. The second-order valence-corrected chi connectivity index (χ2v) is 6.63. The molecule has 0 spiro atoms. The van der Waals surface area contributed by atoms with Gasteiger partial charge in [0.2, 0.25) is 5.91 Å². The van der Waals surface area contributed by atoms with Gasteiger partial charge >= 0.3 is 5.97 Å². The van der Waals surface area contributed by atoms with Gasteiger partial charge in [-0.1, -0.05) is 47.0 Å². The van der Waals surface area contributed by atoms with Crippen LogP contribution in [0.1, 0.15) is 50.6 Å². The van der Waals surface area contributed by atoms with Crippen molar-refractivity contribution in [3.8, 4) is 0 Å². The highest BCUT2D eigenvalue weighted by atomic mass is 79.9. The SMILES string of the molecule is CC(NC(=O)CC1(C(=O)O)CCCC1)c1ccccc1Br. The fraction of sp³-hybridized carbons (Fsp3) is 0.500. The van der Waals surface area contributed by atoms with Crippen molar-refractivity contribution >= 4 is 27.8 Å². The normalized spacial score (nSPS) is 18.2. The minimum atomic E-state index is -0.863. The quantitative estimate of drug-likeness (QED) is 0.848. The van der Waals surface area contributed by atoms with E-state index in [9.17, 15) is 14.7 Å². The van der Waals surface area contributed by atoms with Gasteiger partial charge in [-0.3, -0.25) is 9.59 Å². The number of carbonyl (C=O) groups excluding carboxylic acids is 1. The smallest absolute Gasteiger partial charge is 0.310 e. The fourth-order valence-corrected chi connectivity index (χ4v) is 3.65. The standard InChI is InChI=1S/C16H20BrNO3/c1-11(12-6-2-3-7-13(12)17)18-14(19)10-16(15(20)21)8-4-5-9-16/h2-3,6-7,11H,4-5,8-10H2,1H3,(H,18,19)(H,20,21). The van der Waals surface area contributed by atoms with Gasteiger partial charge in [-0.2, -0.15) is 0 Å². The van der Waals surface area contributed by atoms with E-state index in [1.807, 2.05) is 31.2 Å². The highest BCUT2D eigenvalue weighted by Gasteiger charge is 2.43. The molecule has 0 aliphatic heterocycles. The first kappa shape index (κ1) is 16.0. The maximum absolute atomic E-state index is 12.2. The summed E-state index contributed by atoms with van der Waals surface area (Å²) in [7, 11) is 0. The Kier molecular flexibility index (Phi) is 5.04. The number of carboxylic acid groups (broad SMARTS) is 1. The van der Waals surface area contributed by atoms with Crippen LogP contribution in [-0.4, -0.2) is 17.0 Å². The Morgan fingerprint density at radius 2 is 1.95 bits per heavy atom. The molecule has 0 radical (unpaired) electrons. The van der Waals surface area contributed by atoms with Gasteiger partial charge in [0.25, 0.3) is 0 Å². The van der Waals surface area contributed by atoms with E-state index in [1.54, 1.807) is 0 Å². The van der Waals surface area contributed by atoms with Crippen LogP contribution in [0.3, 0.4) is 0 Å². The molecule has 0 heterocycles. The number of aliphatic carboxylic acids is 1. The number of hydrogen-bond donors (Lipinski definition) is 2. The molecule has 0 bridgehead atoms. The average molecular weight is 354 g/mol. The van der Waals surface area contributed by atoms with Crippen LogP contribution in [-0.2, 0) is 9.59 Å². The molecule has 1 aromatic carbocycles. The number of hydrogen-bond acceptors (Lipinski definition) is 2. The van der Waals surface area contributed by atoms with E-state index < -0.39 is 11.4 Å². The predicted octanol–water partition coefficient (Wildman–Crippen LogP) is 3.66. The van der Waals surface area contributed by atoms with Crippen molar-refractivity contribution in [3.05, 3.63) is 34.3 Å². The van der Waals surface area contributed by atoms with Crippen LogP contribution in [0.4, 0.5) is 0 Å². The maximum Gasteiger partial charge on any atom is 0.310 e. The molecule has 0 aromatic heterocycles. The highest BCUT2D eigenvalue weighted by molar-refractivity contribution is 9.10. The lowest BCUT2D eigenvalue weighted by Gasteiger charge is -2.24. The zero-order chi connectivity index (χ0) is 15.5. The van der Waals surface area contributed by atoms with Crippen molar-refractivity contribution in [2.45, 2.75) is 45.1 Å². The Morgan fingerprint density at radius 1 is 1.33 bits per heavy atom. The van der Waals surface area contributed by atoms with E-state index in [0.29, 0.717) is 12.8 Å². The summed E-state index contributed by atoms with van der Waals surface area (Å²) >= 11 is 3.46. The van der Waals surface area contributed by atoms with Crippen LogP contribution in [0.25, 0.3) is 0 Å². The van der Waals surface area contributed by atoms with E-state index in [-0.39, 0.29) is 18.4 Å². The van der Waals surface area contributed by atoms with Crippen molar-refractivity contribution < 1.29 is 14.7 Å². The third-order valence-electron chi connectivity index (χ3n) is 4.26. The van der Waals surface area contributed by atoms with Gasteiger partial charge in [0.05, 0.1) is 11.5 Å². The van der Waals surface area contributed by atoms with E-state index in [4.69, 9.17) is 0 Å². The highest BCUT2D eigenvalue weighted by Crippen LogP contribution is 2.41. The molecule has 1 atom stereocenters. The Morgan fingerprint density at radius 3 is 2.52 bits per heavy atom. The Labute approximate surface area is 133 Å². The first-order valence-electron chi connectivity index (χ1n) is 7.22. The second kappa shape index (κ2) is 6.60. The van der Waals surface area contributed by atoms with E-state index in [2.05, 4.69) is 21.2 Å². The van der Waals surface area contributed by atoms with Crippen molar-refractivity contribution in [3.63, 3.8) is 0 Å². The molecule has 5 heteroatoms. The zero-order valence-electron chi connectivity index (χ0n) is 12.1. The van der Waals surface area contributed by atoms with E-state index in [0.717, 1.165) is 22.9 Å². The summed E-state index contributed by atoms with van der Waals surface area (Å²) in [5, 5.41) is 12.3. The van der Waals surface area contributed by atoms with Gasteiger partial charge < -0.3 is 10.4 Å². The predicted molar refractivity (Wildman–Crippen MR) is 83.9 cm³/mol. The Bertz CT molecular complexity index is 538. The summed E-state index contributed by atoms with van der Waals surface area (Å²) in [6.07, 6.45) is 3.04. The molecule has 21 heavy (non-hydrogen) atoms. The zero-order valence-corrected chi connectivity index (χ0v) is 13.6. The lowest BCUT2D eigenvalue weighted by atomic mass is 9.82. The summed E-state index contributed by atoms with van der Waals surface area (Å²) in [6.45, 7) is 1.90. The molecule has 114 valence electrons. The molecule has 1 aliphatic rings. The van der Waals surface area contributed by atoms with Crippen LogP contribution in [0.15, 0.2) is 28.7 Å². The van der Waals surface area contributed by atoms with Gasteiger partial charge in [0, 0.05) is 10.9 Å². The van der Waals surface area contributed by atoms with Gasteiger partial charge in [0.1, 0.15) is 0 Å². The number of carboxylic acids is 1. The van der Waals surface area contributed by atoms with Crippen molar-refractivity contribution in [1.29, 1.82) is 0 Å². The number of amides is 1. The number of carbonyl (C=O) groups is 2. The monoisotopic (exact) mass is 353 g/mol. The van der Waals surface area contributed by atoms with E-state index >= 15 is 0 Å². The molecule has 1 unspecified atom stereocenters. The van der Waals surface area contributed by atoms with Crippen LogP contribution in [0.5, 0.6) is 0 Å². The molecular formula is C16H20BrNO3. The summed E-state index contributed by atoms with van der Waals surface area (Å²) in [4.78, 5) is 23.7. The van der Waals surface area contributed by atoms with Gasteiger partial charge in [0.15, 0.2) is 0 Å². The van der Waals surface area contributed by atoms with Gasteiger partial charge in [-0.05, 0) is 31.4 Å². The van der Waals surface area contributed by atoms with Crippen LogP contribution in [0, 0.1) is 5.41 Å². The lowest BCUT2D eigenvalue weighted by Crippen LogP contribution is -2.36. The summed E-state index contributed by atoms with van der Waals surface area (Å²) in [6, 6.07) is 7.55. The second-order valence-electron chi connectivity index (χ2n) is 5.78. The van der Waals surface area contributed by atoms with Crippen molar-refractivity contribution in [2.75, 3.05) is 0 Å². The molecule has 0 saturated heterocycles. The third-order valence-corrected chi connectivity index (χ3v) is 4.98. The molecule has 1 amide bonds. The Balaban J connectivity index is 2.01. The maximum atomic E-state index is 12.2. The van der Waals surface area contributed by atoms with Crippen molar-refractivity contribution in [1.82, 2.24) is 5.32 Å². The number of halogens is 1. The van der Waals surface area contributed by atoms with Crippen LogP contribution in [0.2, 0.25) is 0 Å². The minimum absolute atomic E-state index is 0.0666. The molecule has 1 fully saturated rings. The van der Waals surface area contributed by atoms with Gasteiger partial charge in [-0.15, -0.1) is 0 Å². The summed E-state index contributed by atoms with van der Waals surface area (Å²) in [5.74, 6) is -1.04. The number of nitrogens with one attached hydrogen (secondary N) is 1. The molecule has 1 saturated carbocycles. The largest absolute Gasteiger partial charge is 0.481 e. The van der Waals surface area contributed by atoms with E-state index in [1.165, 1.54) is 0 Å². The molecule has 1 aromatic rings. The fourth-order valence-electron chi connectivity index (χ4n) is 3.02. The first-order chi connectivity index (χ1) is 9.94. The Hall–Kier alpha value is -1.36. The topological polar surface area (TPSA) is 66.4 Å².